The Morgan fingerprint density at radius 2 is 2.00 bits per heavy atom. The smallest absolute Gasteiger partial charge is 0.220 e. The molecule has 0 heterocycles. The summed E-state index contributed by atoms with van der Waals surface area (Å²) in [6, 6.07) is 10.7. The Balaban J connectivity index is 1.94. The Kier molecular flexibility index (Phi) is 6.66. The lowest BCUT2D eigenvalue weighted by Crippen LogP contribution is -2.38. The van der Waals surface area contributed by atoms with Crippen LogP contribution in [0.1, 0.15) is 44.7 Å². The Labute approximate surface area is 134 Å². The molecule has 120 valence electrons. The summed E-state index contributed by atoms with van der Waals surface area (Å²) < 4.78 is 0. The summed E-state index contributed by atoms with van der Waals surface area (Å²) in [7, 11) is 0. The lowest BCUT2D eigenvalue weighted by molar-refractivity contribution is -0.122. The fraction of sp³-hybridized carbons (Fsp3) is 0.526. The molecule has 1 amide bonds. The van der Waals surface area contributed by atoms with Crippen molar-refractivity contribution in [1.82, 2.24) is 10.2 Å². The number of nitrogens with one attached hydrogen (secondary N) is 1. The Bertz CT molecular complexity index is 479. The number of benzene rings is 1. The van der Waals surface area contributed by atoms with E-state index in [2.05, 4.69) is 60.5 Å². The van der Waals surface area contributed by atoms with Gasteiger partial charge in [0, 0.05) is 13.0 Å². The first-order chi connectivity index (χ1) is 10.7. The number of likely N-dealkylation sites (N-methyl/N-ethyl adjacent to an activating group) is 1. The third-order valence-electron chi connectivity index (χ3n) is 4.49. The van der Waals surface area contributed by atoms with Crippen molar-refractivity contribution >= 4 is 5.91 Å². The van der Waals surface area contributed by atoms with Crippen LogP contribution in [-0.4, -0.2) is 30.4 Å². The second kappa shape index (κ2) is 8.74. The summed E-state index contributed by atoms with van der Waals surface area (Å²) in [5.41, 5.74) is 1.27. The van der Waals surface area contributed by atoms with Gasteiger partial charge in [-0.3, -0.25) is 9.69 Å². The number of carbonyl (C=O) groups excluding carboxylic acids is 1. The molecule has 1 aliphatic carbocycles. The zero-order valence-corrected chi connectivity index (χ0v) is 13.8. The standard InChI is InChI=1S/C19H28N2O/c1-3-21(4-2)18(17-12-6-5-7-13-17)15-20-19(22)14-16-10-8-9-11-16/h5-8,10,12-13,16,18H,3-4,9,11,14-15H2,1-2H3,(H,20,22)/t16-,18-/m1/s1. The third-order valence-corrected chi connectivity index (χ3v) is 4.49. The van der Waals surface area contributed by atoms with Crippen molar-refractivity contribution in [2.24, 2.45) is 5.92 Å². The van der Waals surface area contributed by atoms with E-state index in [1.807, 2.05) is 6.07 Å². The number of hydrogen-bond acceptors (Lipinski definition) is 2. The van der Waals surface area contributed by atoms with Gasteiger partial charge in [-0.2, -0.15) is 0 Å². The van der Waals surface area contributed by atoms with Crippen molar-refractivity contribution in [3.63, 3.8) is 0 Å². The minimum atomic E-state index is 0.171. The third kappa shape index (κ3) is 4.70. The summed E-state index contributed by atoms with van der Waals surface area (Å²) in [6.45, 7) is 6.99. The molecule has 0 fully saturated rings. The average molecular weight is 300 g/mol. The van der Waals surface area contributed by atoms with Gasteiger partial charge in [0.2, 0.25) is 5.91 Å². The molecule has 0 saturated heterocycles. The minimum Gasteiger partial charge on any atom is -0.354 e. The van der Waals surface area contributed by atoms with Crippen molar-refractivity contribution in [2.75, 3.05) is 19.6 Å². The molecular weight excluding hydrogens is 272 g/mol. The molecule has 1 aliphatic rings. The van der Waals surface area contributed by atoms with Crippen molar-refractivity contribution < 1.29 is 4.79 Å². The maximum atomic E-state index is 12.2. The van der Waals surface area contributed by atoms with E-state index in [9.17, 15) is 4.79 Å². The fourth-order valence-electron chi connectivity index (χ4n) is 3.18. The topological polar surface area (TPSA) is 32.3 Å². The van der Waals surface area contributed by atoms with Gasteiger partial charge in [0.25, 0.3) is 0 Å². The molecule has 0 radical (unpaired) electrons. The van der Waals surface area contributed by atoms with E-state index in [0.717, 1.165) is 25.9 Å². The van der Waals surface area contributed by atoms with Gasteiger partial charge in [-0.25, -0.2) is 0 Å². The van der Waals surface area contributed by atoms with Crippen LogP contribution in [0, 0.1) is 5.92 Å². The predicted octanol–water partition coefficient (Wildman–Crippen LogP) is 3.54. The molecule has 1 aromatic rings. The second-order valence-corrected chi connectivity index (χ2v) is 5.92. The molecule has 22 heavy (non-hydrogen) atoms. The molecule has 3 heteroatoms. The molecule has 1 N–H and O–H groups in total. The molecule has 1 aromatic carbocycles. The normalized spacial score (nSPS) is 18.6. The highest BCUT2D eigenvalue weighted by molar-refractivity contribution is 5.76. The molecule has 0 aliphatic heterocycles. The lowest BCUT2D eigenvalue weighted by Gasteiger charge is -2.30. The van der Waals surface area contributed by atoms with Crippen molar-refractivity contribution in [3.05, 3.63) is 48.0 Å². The largest absolute Gasteiger partial charge is 0.354 e. The van der Waals surface area contributed by atoms with Gasteiger partial charge in [0.05, 0.1) is 6.04 Å². The van der Waals surface area contributed by atoms with Gasteiger partial charge in [-0.1, -0.05) is 56.3 Å². The summed E-state index contributed by atoms with van der Waals surface area (Å²) in [4.78, 5) is 14.6. The molecule has 3 nitrogen and oxygen atoms in total. The molecule has 0 unspecified atom stereocenters. The van der Waals surface area contributed by atoms with Gasteiger partial charge < -0.3 is 5.32 Å². The van der Waals surface area contributed by atoms with E-state index in [1.54, 1.807) is 0 Å². The number of carbonyl (C=O) groups is 1. The van der Waals surface area contributed by atoms with Crippen molar-refractivity contribution in [2.45, 2.75) is 39.2 Å². The van der Waals surface area contributed by atoms with Crippen LogP contribution in [0.4, 0.5) is 0 Å². The van der Waals surface area contributed by atoms with Crippen LogP contribution in [0.25, 0.3) is 0 Å². The Morgan fingerprint density at radius 3 is 2.59 bits per heavy atom. The summed E-state index contributed by atoms with van der Waals surface area (Å²) in [5, 5.41) is 3.14. The van der Waals surface area contributed by atoms with E-state index < -0.39 is 0 Å². The first-order valence-corrected chi connectivity index (χ1v) is 8.47. The first-order valence-electron chi connectivity index (χ1n) is 8.47. The van der Waals surface area contributed by atoms with Crippen LogP contribution in [-0.2, 0) is 4.79 Å². The van der Waals surface area contributed by atoms with Gasteiger partial charge in [0.15, 0.2) is 0 Å². The molecule has 2 rings (SSSR count). The van der Waals surface area contributed by atoms with Crippen molar-refractivity contribution in [1.29, 1.82) is 0 Å². The number of amides is 1. The zero-order chi connectivity index (χ0) is 15.8. The summed E-state index contributed by atoms with van der Waals surface area (Å²) in [6.07, 6.45) is 7.21. The van der Waals surface area contributed by atoms with E-state index in [0.29, 0.717) is 18.9 Å². The van der Waals surface area contributed by atoms with Gasteiger partial charge in [-0.15, -0.1) is 0 Å². The van der Waals surface area contributed by atoms with Gasteiger partial charge in [-0.05, 0) is 37.4 Å². The Hall–Kier alpha value is -1.61. The summed E-state index contributed by atoms with van der Waals surface area (Å²) in [5.74, 6) is 0.605. The first kappa shape index (κ1) is 16.8. The molecule has 0 saturated carbocycles. The number of hydrogen-bond donors (Lipinski definition) is 1. The van der Waals surface area contributed by atoms with Crippen LogP contribution in [0.2, 0.25) is 0 Å². The van der Waals surface area contributed by atoms with E-state index in [1.165, 1.54) is 5.56 Å². The summed E-state index contributed by atoms with van der Waals surface area (Å²) >= 11 is 0. The average Bonchev–Trinajstić information content (AvgIpc) is 3.05. The molecule has 0 aromatic heterocycles. The highest BCUT2D eigenvalue weighted by atomic mass is 16.1. The van der Waals surface area contributed by atoms with Gasteiger partial charge >= 0.3 is 0 Å². The van der Waals surface area contributed by atoms with E-state index >= 15 is 0 Å². The fourth-order valence-corrected chi connectivity index (χ4v) is 3.18. The van der Waals surface area contributed by atoms with Gasteiger partial charge in [0.1, 0.15) is 0 Å². The Morgan fingerprint density at radius 1 is 1.27 bits per heavy atom. The number of nitrogens with zero attached hydrogens (tertiary/aromatic N) is 1. The minimum absolute atomic E-state index is 0.171. The quantitative estimate of drug-likeness (QED) is 0.745. The highest BCUT2D eigenvalue weighted by Gasteiger charge is 2.20. The second-order valence-electron chi connectivity index (χ2n) is 5.92. The van der Waals surface area contributed by atoms with Crippen molar-refractivity contribution in [3.8, 4) is 0 Å². The van der Waals surface area contributed by atoms with Crippen LogP contribution < -0.4 is 5.32 Å². The molecule has 0 spiro atoms. The molecule has 2 atom stereocenters. The van der Waals surface area contributed by atoms with Crippen LogP contribution in [0.5, 0.6) is 0 Å². The number of rotatable bonds is 8. The van der Waals surface area contributed by atoms with Crippen LogP contribution in [0.15, 0.2) is 42.5 Å². The number of allylic oxidation sites excluding steroid dienone is 2. The highest BCUT2D eigenvalue weighted by Crippen LogP contribution is 2.21. The van der Waals surface area contributed by atoms with E-state index in [-0.39, 0.29) is 11.9 Å². The molecular formula is C19H28N2O. The predicted molar refractivity (Wildman–Crippen MR) is 91.6 cm³/mol. The monoisotopic (exact) mass is 300 g/mol. The van der Waals surface area contributed by atoms with Crippen LogP contribution in [0.3, 0.4) is 0 Å². The maximum absolute atomic E-state index is 12.2. The SMILES string of the molecule is CCN(CC)[C@H](CNC(=O)C[C@@H]1C=CCC1)c1ccccc1. The lowest BCUT2D eigenvalue weighted by atomic mass is 10.0. The molecule has 0 bridgehead atoms. The van der Waals surface area contributed by atoms with Crippen LogP contribution >= 0.6 is 0 Å². The van der Waals surface area contributed by atoms with E-state index in [4.69, 9.17) is 0 Å². The zero-order valence-electron chi connectivity index (χ0n) is 13.8. The maximum Gasteiger partial charge on any atom is 0.220 e.